The quantitative estimate of drug-likeness (QED) is 0.619. The first kappa shape index (κ1) is 21.9. The molecular weight excluding hydrogens is 454 g/mol. The van der Waals surface area contributed by atoms with E-state index in [1.165, 1.54) is 18.2 Å². The maximum absolute atomic E-state index is 13.0. The van der Waals surface area contributed by atoms with E-state index in [1.54, 1.807) is 12.1 Å². The number of rotatable bonds is 3. The zero-order valence-electron chi connectivity index (χ0n) is 16.2. The van der Waals surface area contributed by atoms with E-state index in [-0.39, 0.29) is 23.3 Å². The summed E-state index contributed by atoms with van der Waals surface area (Å²) in [5, 5.41) is 0.574. The third-order valence-electron chi connectivity index (χ3n) is 5.58. The summed E-state index contributed by atoms with van der Waals surface area (Å²) in [4.78, 5) is 30.4. The fourth-order valence-electron chi connectivity index (χ4n) is 3.97. The minimum atomic E-state index is -4.40. The molecule has 0 saturated carbocycles. The Bertz CT molecular complexity index is 1020. The van der Waals surface area contributed by atoms with Crippen molar-refractivity contribution in [2.45, 2.75) is 18.6 Å². The van der Waals surface area contributed by atoms with Gasteiger partial charge in [-0.3, -0.25) is 14.5 Å². The topological polar surface area (TPSA) is 43.9 Å². The van der Waals surface area contributed by atoms with Gasteiger partial charge in [-0.2, -0.15) is 13.2 Å². The Balaban J connectivity index is 1.44. The molecule has 1 unspecified atom stereocenters. The number of nitrogens with zero attached hydrogens (tertiary/aromatic N) is 3. The molecular formula is C21H18Cl2F3N3O2. The number of piperazine rings is 1. The number of amides is 2. The Kier molecular flexibility index (Phi) is 5.89. The van der Waals surface area contributed by atoms with Crippen LogP contribution in [0.5, 0.6) is 0 Å². The minimum Gasteiger partial charge on any atom is -0.369 e. The molecule has 0 spiro atoms. The van der Waals surface area contributed by atoms with E-state index in [0.29, 0.717) is 42.6 Å². The number of carbonyl (C=O) groups excluding carboxylic acids is 2. The van der Waals surface area contributed by atoms with Gasteiger partial charge in [-0.1, -0.05) is 29.3 Å². The highest BCUT2D eigenvalue weighted by Crippen LogP contribution is 2.33. The molecule has 0 bridgehead atoms. The van der Waals surface area contributed by atoms with Crippen molar-refractivity contribution in [1.82, 2.24) is 4.90 Å². The van der Waals surface area contributed by atoms with Crippen LogP contribution < -0.4 is 9.80 Å². The Morgan fingerprint density at radius 1 is 0.871 bits per heavy atom. The van der Waals surface area contributed by atoms with Gasteiger partial charge in [0, 0.05) is 31.9 Å². The van der Waals surface area contributed by atoms with Crippen molar-refractivity contribution in [3.8, 4) is 0 Å². The summed E-state index contributed by atoms with van der Waals surface area (Å²) in [6, 6.07) is 9.17. The van der Waals surface area contributed by atoms with Crippen LogP contribution in [0.1, 0.15) is 12.0 Å². The van der Waals surface area contributed by atoms with Crippen LogP contribution in [0.3, 0.4) is 0 Å². The van der Waals surface area contributed by atoms with Crippen LogP contribution in [0.2, 0.25) is 10.0 Å². The van der Waals surface area contributed by atoms with Gasteiger partial charge in [0.1, 0.15) is 0 Å². The van der Waals surface area contributed by atoms with Crippen LogP contribution in [0.25, 0.3) is 0 Å². The molecule has 2 heterocycles. The second-order valence-corrected chi connectivity index (χ2v) is 8.27. The van der Waals surface area contributed by atoms with Gasteiger partial charge < -0.3 is 4.90 Å². The normalized spacial score (nSPS) is 20.6. The molecule has 4 rings (SSSR count). The first-order valence-corrected chi connectivity index (χ1v) is 10.4. The summed E-state index contributed by atoms with van der Waals surface area (Å²) >= 11 is 11.9. The molecule has 1 atom stereocenters. The molecule has 2 aliphatic rings. The van der Waals surface area contributed by atoms with Crippen molar-refractivity contribution in [2.24, 2.45) is 0 Å². The lowest BCUT2D eigenvalue weighted by Gasteiger charge is -2.38. The minimum absolute atomic E-state index is 0.0443. The highest BCUT2D eigenvalue weighted by molar-refractivity contribution is 6.42. The molecule has 164 valence electrons. The Hall–Kier alpha value is -2.29. The largest absolute Gasteiger partial charge is 0.416 e. The van der Waals surface area contributed by atoms with Gasteiger partial charge >= 0.3 is 6.18 Å². The molecule has 10 heteroatoms. The first-order valence-electron chi connectivity index (χ1n) is 9.63. The predicted molar refractivity (Wildman–Crippen MR) is 113 cm³/mol. The number of imide groups is 1. The van der Waals surface area contributed by atoms with Crippen molar-refractivity contribution in [2.75, 3.05) is 36.0 Å². The summed E-state index contributed by atoms with van der Waals surface area (Å²) < 4.78 is 39.0. The molecule has 2 aromatic carbocycles. The Morgan fingerprint density at radius 3 is 2.23 bits per heavy atom. The maximum atomic E-state index is 13.0. The van der Waals surface area contributed by atoms with Gasteiger partial charge in [0.2, 0.25) is 5.91 Å². The molecule has 0 N–H and O–H groups in total. The van der Waals surface area contributed by atoms with Gasteiger partial charge in [-0.05, 0) is 36.4 Å². The molecule has 0 radical (unpaired) electrons. The molecule has 2 aliphatic heterocycles. The van der Waals surface area contributed by atoms with Gasteiger partial charge in [0.05, 0.1) is 33.8 Å². The van der Waals surface area contributed by atoms with Crippen molar-refractivity contribution in [3.63, 3.8) is 0 Å². The van der Waals surface area contributed by atoms with E-state index >= 15 is 0 Å². The summed E-state index contributed by atoms with van der Waals surface area (Å²) in [5.41, 5.74) is 0.163. The number of alkyl halides is 3. The summed E-state index contributed by atoms with van der Waals surface area (Å²) in [6.07, 6.45) is -4.36. The third-order valence-corrected chi connectivity index (χ3v) is 6.32. The van der Waals surface area contributed by atoms with Gasteiger partial charge in [0.25, 0.3) is 5.91 Å². The fourth-order valence-corrected chi connectivity index (χ4v) is 4.26. The van der Waals surface area contributed by atoms with Crippen LogP contribution in [-0.4, -0.2) is 48.9 Å². The first-order chi connectivity index (χ1) is 14.6. The number of hydrogen-bond donors (Lipinski definition) is 0. The van der Waals surface area contributed by atoms with E-state index in [4.69, 9.17) is 23.2 Å². The van der Waals surface area contributed by atoms with Gasteiger partial charge in [-0.25, -0.2) is 4.90 Å². The number of hydrogen-bond acceptors (Lipinski definition) is 4. The van der Waals surface area contributed by atoms with E-state index < -0.39 is 17.8 Å². The summed E-state index contributed by atoms with van der Waals surface area (Å²) in [7, 11) is 0. The van der Waals surface area contributed by atoms with Crippen LogP contribution in [-0.2, 0) is 15.8 Å². The smallest absolute Gasteiger partial charge is 0.369 e. The molecule has 2 aromatic rings. The van der Waals surface area contributed by atoms with Gasteiger partial charge in [0.15, 0.2) is 0 Å². The molecule has 0 aromatic heterocycles. The number of carbonyl (C=O) groups is 2. The maximum Gasteiger partial charge on any atom is 0.416 e. The van der Waals surface area contributed by atoms with E-state index in [1.807, 2.05) is 9.80 Å². The highest BCUT2D eigenvalue weighted by atomic mass is 35.5. The van der Waals surface area contributed by atoms with Crippen molar-refractivity contribution in [3.05, 3.63) is 58.1 Å². The lowest BCUT2D eigenvalue weighted by Crippen LogP contribution is -2.52. The molecule has 0 aliphatic carbocycles. The average Bonchev–Trinajstić information content (AvgIpc) is 3.04. The standard InChI is InChI=1S/C21H18Cl2F3N3O2/c22-16-5-4-15(11-17(16)23)29-19(30)12-18(20(29)31)28-8-6-27(7-9-28)14-3-1-2-13(10-14)21(24,25)26/h1-5,10-11,18H,6-9,12H2. The number of anilines is 2. The van der Waals surface area contributed by atoms with E-state index in [0.717, 1.165) is 17.0 Å². The molecule has 2 amide bonds. The predicted octanol–water partition coefficient (Wildman–Crippen LogP) is 4.47. The van der Waals surface area contributed by atoms with Crippen LogP contribution in [0.4, 0.5) is 24.5 Å². The van der Waals surface area contributed by atoms with E-state index in [2.05, 4.69) is 0 Å². The molecule has 2 saturated heterocycles. The lowest BCUT2D eigenvalue weighted by molar-refractivity contribution is -0.137. The van der Waals surface area contributed by atoms with Crippen LogP contribution >= 0.6 is 23.2 Å². The summed E-state index contributed by atoms with van der Waals surface area (Å²) in [5.74, 6) is -0.662. The van der Waals surface area contributed by atoms with Crippen LogP contribution in [0, 0.1) is 0 Å². The summed E-state index contributed by atoms with van der Waals surface area (Å²) in [6.45, 7) is 1.81. The van der Waals surface area contributed by atoms with Crippen molar-refractivity contribution < 1.29 is 22.8 Å². The fraction of sp³-hybridized carbons (Fsp3) is 0.333. The monoisotopic (exact) mass is 471 g/mol. The zero-order valence-corrected chi connectivity index (χ0v) is 17.7. The third kappa shape index (κ3) is 4.37. The molecule has 2 fully saturated rings. The second-order valence-electron chi connectivity index (χ2n) is 7.46. The number of benzene rings is 2. The highest BCUT2D eigenvalue weighted by Gasteiger charge is 2.43. The SMILES string of the molecule is O=C1CC(N2CCN(c3cccc(C(F)(F)F)c3)CC2)C(=O)N1c1ccc(Cl)c(Cl)c1. The molecule has 31 heavy (non-hydrogen) atoms. The van der Waals surface area contributed by atoms with Crippen molar-refractivity contribution >= 4 is 46.4 Å². The number of halogens is 5. The second kappa shape index (κ2) is 8.33. The van der Waals surface area contributed by atoms with Gasteiger partial charge in [-0.15, -0.1) is 0 Å². The van der Waals surface area contributed by atoms with Crippen LogP contribution in [0.15, 0.2) is 42.5 Å². The Morgan fingerprint density at radius 2 is 1.58 bits per heavy atom. The van der Waals surface area contributed by atoms with E-state index in [9.17, 15) is 22.8 Å². The Labute approximate surface area is 186 Å². The molecule has 5 nitrogen and oxygen atoms in total. The zero-order chi connectivity index (χ0) is 22.3. The lowest BCUT2D eigenvalue weighted by atomic mass is 10.1. The average molecular weight is 472 g/mol. The van der Waals surface area contributed by atoms with Crippen molar-refractivity contribution in [1.29, 1.82) is 0 Å².